The summed E-state index contributed by atoms with van der Waals surface area (Å²) in [5, 5.41) is 3.32. The largest absolute Gasteiger partial charge is 0.488 e. The highest BCUT2D eigenvalue weighted by molar-refractivity contribution is 7.87. The molecule has 25 heavy (non-hydrogen) atoms. The van der Waals surface area contributed by atoms with E-state index in [0.29, 0.717) is 11.7 Å². The summed E-state index contributed by atoms with van der Waals surface area (Å²) in [4.78, 5) is 0.182. The number of nitrogens with one attached hydrogen (secondary N) is 1. The summed E-state index contributed by atoms with van der Waals surface area (Å²) in [6, 6.07) is 10.5. The van der Waals surface area contributed by atoms with E-state index >= 15 is 0 Å². The zero-order chi connectivity index (χ0) is 17.6. The summed E-state index contributed by atoms with van der Waals surface area (Å²) in [7, 11) is -3.86. The molecule has 2 aromatic rings. The molecular formula is C19H21NO4S. The monoisotopic (exact) mass is 359 g/mol. The van der Waals surface area contributed by atoms with Crippen molar-refractivity contribution >= 4 is 10.1 Å². The van der Waals surface area contributed by atoms with Gasteiger partial charge in [0.2, 0.25) is 0 Å². The van der Waals surface area contributed by atoms with E-state index in [1.54, 1.807) is 24.3 Å². The van der Waals surface area contributed by atoms with Crippen LogP contribution in [0.1, 0.15) is 29.0 Å². The summed E-state index contributed by atoms with van der Waals surface area (Å²) in [6.45, 7) is 5.50. The minimum Gasteiger partial charge on any atom is -0.488 e. The van der Waals surface area contributed by atoms with Crippen LogP contribution in [0.15, 0.2) is 41.3 Å². The Balaban J connectivity index is 1.63. The highest BCUT2D eigenvalue weighted by Gasteiger charge is 2.36. The van der Waals surface area contributed by atoms with Crippen LogP contribution in [0, 0.1) is 13.8 Å². The zero-order valence-corrected chi connectivity index (χ0v) is 15.1. The third-order valence-electron chi connectivity index (χ3n) is 4.78. The van der Waals surface area contributed by atoms with E-state index in [4.69, 9.17) is 8.92 Å². The Hall–Kier alpha value is -2.05. The molecule has 0 radical (unpaired) electrons. The van der Waals surface area contributed by atoms with Crippen LogP contribution in [0.5, 0.6) is 11.5 Å². The Bertz CT molecular complexity index is 903. The number of fused-ring (bicyclic) bond motifs is 3. The summed E-state index contributed by atoms with van der Waals surface area (Å²) < 4.78 is 36.6. The van der Waals surface area contributed by atoms with Crippen molar-refractivity contribution in [3.63, 3.8) is 0 Å². The molecule has 0 bridgehead atoms. The van der Waals surface area contributed by atoms with E-state index in [1.165, 1.54) is 0 Å². The fourth-order valence-corrected chi connectivity index (χ4v) is 4.81. The van der Waals surface area contributed by atoms with Crippen molar-refractivity contribution in [3.05, 3.63) is 53.1 Å². The second-order valence-corrected chi connectivity index (χ2v) is 8.36. The predicted molar refractivity (Wildman–Crippen MR) is 94.8 cm³/mol. The van der Waals surface area contributed by atoms with E-state index in [0.717, 1.165) is 42.0 Å². The molecule has 2 unspecified atom stereocenters. The van der Waals surface area contributed by atoms with Crippen molar-refractivity contribution in [1.82, 2.24) is 5.32 Å². The van der Waals surface area contributed by atoms with Gasteiger partial charge in [0.05, 0.1) is 0 Å². The molecule has 2 atom stereocenters. The Labute approximate surface area is 148 Å². The van der Waals surface area contributed by atoms with Gasteiger partial charge in [-0.05, 0) is 68.3 Å². The molecule has 2 aromatic carbocycles. The molecule has 1 saturated heterocycles. The zero-order valence-electron chi connectivity index (χ0n) is 14.3. The number of aryl methyl sites for hydroxylation is 2. The predicted octanol–water partition coefficient (Wildman–Crippen LogP) is 2.91. The molecule has 2 aliphatic heterocycles. The van der Waals surface area contributed by atoms with Gasteiger partial charge in [0.1, 0.15) is 22.5 Å². The minimum atomic E-state index is -3.86. The molecule has 0 aromatic heterocycles. The Morgan fingerprint density at radius 2 is 1.88 bits per heavy atom. The van der Waals surface area contributed by atoms with Gasteiger partial charge in [-0.3, -0.25) is 0 Å². The second kappa shape index (κ2) is 6.04. The topological polar surface area (TPSA) is 64.6 Å². The molecule has 132 valence electrons. The maximum Gasteiger partial charge on any atom is 0.339 e. The number of hydrogen-bond acceptors (Lipinski definition) is 5. The maximum atomic E-state index is 12.6. The fraction of sp³-hybridized carbons (Fsp3) is 0.368. The fourth-order valence-electron chi connectivity index (χ4n) is 3.70. The first-order valence-electron chi connectivity index (χ1n) is 8.46. The third-order valence-corrected chi connectivity index (χ3v) is 6.00. The van der Waals surface area contributed by atoms with Gasteiger partial charge in [-0.1, -0.05) is 6.07 Å². The number of ether oxygens (including phenoxy) is 1. The number of hydrogen-bond donors (Lipinski definition) is 1. The van der Waals surface area contributed by atoms with Crippen molar-refractivity contribution in [2.75, 3.05) is 13.1 Å². The van der Waals surface area contributed by atoms with Crippen LogP contribution >= 0.6 is 0 Å². The first-order chi connectivity index (χ1) is 11.9. The van der Waals surface area contributed by atoms with Gasteiger partial charge in [-0.2, -0.15) is 8.42 Å². The number of piperidine rings is 1. The van der Waals surface area contributed by atoms with E-state index < -0.39 is 10.1 Å². The van der Waals surface area contributed by atoms with Crippen LogP contribution in [0.2, 0.25) is 0 Å². The molecule has 1 fully saturated rings. The van der Waals surface area contributed by atoms with E-state index in [9.17, 15) is 8.42 Å². The lowest BCUT2D eigenvalue weighted by Crippen LogP contribution is -2.39. The van der Waals surface area contributed by atoms with E-state index in [2.05, 4.69) is 5.32 Å². The summed E-state index contributed by atoms with van der Waals surface area (Å²) in [5.74, 6) is 1.46. The van der Waals surface area contributed by atoms with Crippen LogP contribution in [0.25, 0.3) is 0 Å². The number of benzene rings is 2. The average molecular weight is 359 g/mol. The summed E-state index contributed by atoms with van der Waals surface area (Å²) in [5.41, 5.74) is 2.82. The summed E-state index contributed by atoms with van der Waals surface area (Å²) in [6.07, 6.45) is 1.10. The van der Waals surface area contributed by atoms with Gasteiger partial charge < -0.3 is 14.2 Å². The van der Waals surface area contributed by atoms with E-state index in [1.807, 2.05) is 26.0 Å². The van der Waals surface area contributed by atoms with Crippen molar-refractivity contribution in [3.8, 4) is 11.5 Å². The van der Waals surface area contributed by atoms with Crippen LogP contribution in [-0.2, 0) is 10.1 Å². The van der Waals surface area contributed by atoms with Crippen LogP contribution in [0.4, 0.5) is 0 Å². The molecule has 2 aliphatic rings. The Morgan fingerprint density at radius 1 is 1.12 bits per heavy atom. The normalized spacial score (nSPS) is 22.0. The van der Waals surface area contributed by atoms with Gasteiger partial charge in [-0.25, -0.2) is 0 Å². The molecule has 0 amide bonds. The lowest BCUT2D eigenvalue weighted by Gasteiger charge is -2.24. The molecular weight excluding hydrogens is 338 g/mol. The van der Waals surface area contributed by atoms with Crippen molar-refractivity contribution in [2.45, 2.75) is 37.2 Å². The molecule has 5 nitrogen and oxygen atoms in total. The standard InChI is InChI=1S/C19H21NO4S/c1-12-7-13(2)9-15(8-12)25(21,22)24-14-3-4-18-17(10-14)16-5-6-20-11-19(16)23-18/h3-4,7-10,16,19-20H,5-6,11H2,1-2H3. The van der Waals surface area contributed by atoms with Crippen LogP contribution in [-0.4, -0.2) is 27.6 Å². The first kappa shape index (κ1) is 16.4. The van der Waals surface area contributed by atoms with E-state index in [-0.39, 0.29) is 11.0 Å². The quantitative estimate of drug-likeness (QED) is 0.854. The van der Waals surface area contributed by atoms with Gasteiger partial charge in [0.15, 0.2) is 0 Å². The SMILES string of the molecule is Cc1cc(C)cc(S(=O)(=O)Oc2ccc3c(c2)C2CCNCC2O3)c1. The van der Waals surface area contributed by atoms with Crippen LogP contribution in [0.3, 0.4) is 0 Å². The molecule has 4 rings (SSSR count). The molecule has 0 saturated carbocycles. The minimum absolute atomic E-state index is 0.120. The summed E-state index contributed by atoms with van der Waals surface area (Å²) >= 11 is 0. The maximum absolute atomic E-state index is 12.6. The lowest BCUT2D eigenvalue weighted by molar-refractivity contribution is 0.177. The highest BCUT2D eigenvalue weighted by Crippen LogP contribution is 2.43. The third kappa shape index (κ3) is 3.12. The van der Waals surface area contributed by atoms with Gasteiger partial charge in [0.25, 0.3) is 0 Å². The van der Waals surface area contributed by atoms with Crippen LogP contribution < -0.4 is 14.2 Å². The van der Waals surface area contributed by atoms with Gasteiger partial charge >= 0.3 is 10.1 Å². The molecule has 2 heterocycles. The van der Waals surface area contributed by atoms with Crippen molar-refractivity contribution in [1.29, 1.82) is 0 Å². The molecule has 6 heteroatoms. The average Bonchev–Trinajstić information content (AvgIpc) is 2.92. The molecule has 0 spiro atoms. The Morgan fingerprint density at radius 3 is 2.64 bits per heavy atom. The second-order valence-electron chi connectivity index (χ2n) is 6.82. The lowest BCUT2D eigenvalue weighted by atomic mass is 9.90. The van der Waals surface area contributed by atoms with Gasteiger partial charge in [0, 0.05) is 18.0 Å². The number of rotatable bonds is 3. The smallest absolute Gasteiger partial charge is 0.339 e. The molecule has 1 N–H and O–H groups in total. The Kier molecular flexibility index (Phi) is 3.96. The highest BCUT2D eigenvalue weighted by atomic mass is 32.2. The van der Waals surface area contributed by atoms with Gasteiger partial charge in [-0.15, -0.1) is 0 Å². The first-order valence-corrected chi connectivity index (χ1v) is 9.87. The van der Waals surface area contributed by atoms with Crippen molar-refractivity contribution < 1.29 is 17.3 Å². The van der Waals surface area contributed by atoms with Crippen molar-refractivity contribution in [2.24, 2.45) is 0 Å². The molecule has 0 aliphatic carbocycles.